The largest absolute Gasteiger partial charge is 0.458 e. The second kappa shape index (κ2) is 7.03. The van der Waals surface area contributed by atoms with E-state index >= 15 is 0 Å². The maximum atomic E-state index is 6.73. The fraction of sp³-hybridized carbons (Fsp3) is 0.0323. The summed E-state index contributed by atoms with van der Waals surface area (Å²) in [5.74, 6) is 3.54. The van der Waals surface area contributed by atoms with Gasteiger partial charge in [-0.3, -0.25) is 0 Å². The van der Waals surface area contributed by atoms with Gasteiger partial charge in [0.1, 0.15) is 23.0 Å². The lowest BCUT2D eigenvalue weighted by Crippen LogP contribution is -2.57. The van der Waals surface area contributed by atoms with Crippen molar-refractivity contribution in [2.75, 3.05) is 4.90 Å². The summed E-state index contributed by atoms with van der Waals surface area (Å²) in [6.07, 6.45) is 0.923. The Morgan fingerprint density at radius 3 is 1.77 bits per heavy atom. The van der Waals surface area contributed by atoms with Crippen LogP contribution in [0.2, 0.25) is 0 Å². The molecule has 0 radical (unpaired) electrons. The highest BCUT2D eigenvalue weighted by Gasteiger charge is 2.42. The Balaban J connectivity index is 1.42. The van der Waals surface area contributed by atoms with Gasteiger partial charge >= 0.3 is 0 Å². The van der Waals surface area contributed by atoms with Crippen molar-refractivity contribution >= 4 is 40.2 Å². The van der Waals surface area contributed by atoms with Crippen LogP contribution in [-0.2, 0) is 6.42 Å². The Morgan fingerprint density at radius 1 is 0.514 bits per heavy atom. The molecule has 5 aromatic carbocycles. The number of benzene rings is 5. The summed E-state index contributed by atoms with van der Waals surface area (Å²) in [6, 6.07) is 38.3. The molecule has 164 valence electrons. The molecule has 0 saturated heterocycles. The number of rotatable bonds is 1. The van der Waals surface area contributed by atoms with Crippen LogP contribution in [0, 0.1) is 0 Å². The number of anilines is 3. The second-order valence-electron chi connectivity index (χ2n) is 9.31. The number of hydrogen-bond donors (Lipinski definition) is 0. The van der Waals surface area contributed by atoms with Gasteiger partial charge in [0.05, 0.1) is 5.69 Å². The van der Waals surface area contributed by atoms with Crippen LogP contribution in [0.15, 0.2) is 109 Å². The molecule has 0 aliphatic carbocycles. The SMILES string of the molecule is c1ccc2c(c1)Cc1ccccc1N2c1ccc2c3c1Oc1ccccc1B3c1ccccc1O2. The van der Waals surface area contributed by atoms with Crippen molar-refractivity contribution in [3.05, 3.63) is 120 Å². The van der Waals surface area contributed by atoms with Crippen LogP contribution < -0.4 is 30.8 Å². The Morgan fingerprint density at radius 2 is 1.09 bits per heavy atom. The Kier molecular flexibility index (Phi) is 3.80. The molecule has 3 aliphatic heterocycles. The molecule has 35 heavy (non-hydrogen) atoms. The van der Waals surface area contributed by atoms with E-state index in [1.165, 1.54) is 33.4 Å². The first-order chi connectivity index (χ1) is 17.4. The van der Waals surface area contributed by atoms with Crippen LogP contribution in [0.5, 0.6) is 23.0 Å². The van der Waals surface area contributed by atoms with E-state index in [0.29, 0.717) is 0 Å². The normalized spacial score (nSPS) is 13.9. The van der Waals surface area contributed by atoms with Crippen molar-refractivity contribution < 1.29 is 9.47 Å². The molecule has 0 unspecified atom stereocenters. The Bertz CT molecular complexity index is 1600. The van der Waals surface area contributed by atoms with Gasteiger partial charge < -0.3 is 14.4 Å². The van der Waals surface area contributed by atoms with Crippen molar-refractivity contribution in [3.63, 3.8) is 0 Å². The lowest BCUT2D eigenvalue weighted by Gasteiger charge is -2.38. The van der Waals surface area contributed by atoms with Gasteiger partial charge in [0, 0.05) is 23.3 Å². The van der Waals surface area contributed by atoms with Crippen LogP contribution in [0.1, 0.15) is 11.1 Å². The van der Waals surface area contributed by atoms with Crippen molar-refractivity contribution in [1.82, 2.24) is 0 Å². The van der Waals surface area contributed by atoms with Gasteiger partial charge in [0.25, 0.3) is 6.71 Å². The summed E-state index contributed by atoms with van der Waals surface area (Å²) < 4.78 is 13.2. The van der Waals surface area contributed by atoms with Gasteiger partial charge in [-0.15, -0.1) is 0 Å². The predicted molar refractivity (Wildman–Crippen MR) is 142 cm³/mol. The van der Waals surface area contributed by atoms with Gasteiger partial charge in [-0.1, -0.05) is 72.8 Å². The van der Waals surface area contributed by atoms with E-state index in [9.17, 15) is 0 Å². The number of fused-ring (bicyclic) bond motifs is 6. The zero-order valence-electron chi connectivity index (χ0n) is 18.9. The van der Waals surface area contributed by atoms with E-state index in [-0.39, 0.29) is 6.71 Å². The summed E-state index contributed by atoms with van der Waals surface area (Å²) in [5.41, 5.74) is 9.49. The maximum Gasteiger partial charge on any atom is 0.260 e. The molecule has 0 amide bonds. The molecule has 8 rings (SSSR count). The number of ether oxygens (including phenoxy) is 2. The molecular weight excluding hydrogens is 429 g/mol. The van der Waals surface area contributed by atoms with Gasteiger partial charge in [-0.2, -0.15) is 0 Å². The fourth-order valence-corrected chi connectivity index (χ4v) is 5.90. The van der Waals surface area contributed by atoms with E-state index in [4.69, 9.17) is 9.47 Å². The number of nitrogens with zero attached hydrogens (tertiary/aromatic N) is 1. The molecule has 5 aromatic rings. The van der Waals surface area contributed by atoms with Crippen LogP contribution in [-0.4, -0.2) is 6.71 Å². The molecule has 0 atom stereocenters. The topological polar surface area (TPSA) is 21.7 Å². The van der Waals surface area contributed by atoms with E-state index < -0.39 is 0 Å². The summed E-state index contributed by atoms with van der Waals surface area (Å²) in [4.78, 5) is 2.36. The third-order valence-corrected chi connectivity index (χ3v) is 7.40. The van der Waals surface area contributed by atoms with E-state index in [0.717, 1.165) is 40.6 Å². The zero-order chi connectivity index (χ0) is 22.9. The summed E-state index contributed by atoms with van der Waals surface area (Å²) in [6.45, 7) is 0.0603. The monoisotopic (exact) mass is 449 g/mol. The molecule has 3 aliphatic rings. The Hall–Kier alpha value is -4.44. The first-order valence-electron chi connectivity index (χ1n) is 12.0. The lowest BCUT2D eigenvalue weighted by atomic mass is 9.35. The summed E-state index contributed by atoms with van der Waals surface area (Å²) in [7, 11) is 0. The minimum absolute atomic E-state index is 0.0603. The fourth-order valence-electron chi connectivity index (χ4n) is 5.90. The third-order valence-electron chi connectivity index (χ3n) is 7.40. The Labute approximate surface area is 204 Å². The summed E-state index contributed by atoms with van der Waals surface area (Å²) in [5, 5.41) is 0. The molecule has 0 fully saturated rings. The standard InChI is InChI=1S/C31H20BNO2/c1-5-13-24-20(9-1)19-21-10-2-6-14-25(21)33(24)26-17-18-29-30-31(26)35-28-16-8-4-12-23(28)32(30)22-11-3-7-15-27(22)34-29/h1-18H,19H2. The van der Waals surface area contributed by atoms with Gasteiger partial charge in [0.15, 0.2) is 0 Å². The van der Waals surface area contributed by atoms with Crippen molar-refractivity contribution in [2.45, 2.75) is 6.42 Å². The summed E-state index contributed by atoms with van der Waals surface area (Å²) >= 11 is 0. The van der Waals surface area contributed by atoms with Crippen LogP contribution in [0.3, 0.4) is 0 Å². The van der Waals surface area contributed by atoms with Crippen molar-refractivity contribution in [1.29, 1.82) is 0 Å². The molecule has 4 heteroatoms. The number of hydrogen-bond acceptors (Lipinski definition) is 3. The molecule has 0 aromatic heterocycles. The molecule has 0 spiro atoms. The molecule has 3 nitrogen and oxygen atoms in total. The van der Waals surface area contributed by atoms with Crippen LogP contribution >= 0.6 is 0 Å². The van der Waals surface area contributed by atoms with Crippen LogP contribution in [0.4, 0.5) is 17.1 Å². The average molecular weight is 449 g/mol. The maximum absolute atomic E-state index is 6.73. The minimum atomic E-state index is 0.0603. The first-order valence-corrected chi connectivity index (χ1v) is 12.0. The highest BCUT2D eigenvalue weighted by atomic mass is 16.5. The highest BCUT2D eigenvalue weighted by molar-refractivity contribution is 6.98. The molecule has 0 bridgehead atoms. The molecule has 0 N–H and O–H groups in total. The smallest absolute Gasteiger partial charge is 0.260 e. The average Bonchev–Trinajstić information content (AvgIpc) is 2.92. The number of para-hydroxylation sites is 4. The van der Waals surface area contributed by atoms with Gasteiger partial charge in [0.2, 0.25) is 0 Å². The molecule has 3 heterocycles. The highest BCUT2D eigenvalue weighted by Crippen LogP contribution is 2.49. The minimum Gasteiger partial charge on any atom is -0.458 e. The molecule has 0 saturated carbocycles. The second-order valence-corrected chi connectivity index (χ2v) is 9.31. The zero-order valence-corrected chi connectivity index (χ0v) is 18.9. The van der Waals surface area contributed by atoms with Gasteiger partial charge in [-0.05, 0) is 58.5 Å². The lowest BCUT2D eigenvalue weighted by molar-refractivity contribution is 0.465. The van der Waals surface area contributed by atoms with Crippen molar-refractivity contribution in [3.8, 4) is 23.0 Å². The van der Waals surface area contributed by atoms with Crippen molar-refractivity contribution in [2.24, 2.45) is 0 Å². The molecular formula is C31H20BNO2. The van der Waals surface area contributed by atoms with E-state index in [1.807, 2.05) is 12.1 Å². The quantitative estimate of drug-likeness (QED) is 0.296. The van der Waals surface area contributed by atoms with Gasteiger partial charge in [-0.25, -0.2) is 0 Å². The third kappa shape index (κ3) is 2.62. The van der Waals surface area contributed by atoms with Crippen LogP contribution in [0.25, 0.3) is 0 Å². The first kappa shape index (κ1) is 18.9. The predicted octanol–water partition coefficient (Wildman–Crippen LogP) is 5.79. The van der Waals surface area contributed by atoms with E-state index in [2.05, 4.69) is 102 Å². The van der Waals surface area contributed by atoms with E-state index in [1.54, 1.807) is 0 Å².